The topological polar surface area (TPSA) is 65.3 Å². The Labute approximate surface area is 91.8 Å². The SMILES string of the molecule is COCc1cnc2c([N+](=O)[O-])cccc2c1. The highest BCUT2D eigenvalue weighted by Gasteiger charge is 2.12. The molecule has 0 fully saturated rings. The first kappa shape index (κ1) is 10.5. The first-order chi connectivity index (χ1) is 7.72. The first-order valence-corrected chi connectivity index (χ1v) is 4.73. The van der Waals surface area contributed by atoms with Gasteiger partial charge in [-0.05, 0) is 11.6 Å². The van der Waals surface area contributed by atoms with Crippen molar-refractivity contribution in [1.82, 2.24) is 4.98 Å². The number of nitro groups is 1. The highest BCUT2D eigenvalue weighted by molar-refractivity contribution is 5.87. The summed E-state index contributed by atoms with van der Waals surface area (Å²) >= 11 is 0. The highest BCUT2D eigenvalue weighted by Crippen LogP contribution is 2.23. The minimum absolute atomic E-state index is 0.0291. The third-order valence-electron chi connectivity index (χ3n) is 2.25. The Hall–Kier alpha value is -2.01. The van der Waals surface area contributed by atoms with Gasteiger partial charge in [0.1, 0.15) is 5.52 Å². The minimum atomic E-state index is -0.425. The van der Waals surface area contributed by atoms with E-state index in [0.29, 0.717) is 12.1 Å². The van der Waals surface area contributed by atoms with Gasteiger partial charge in [0.15, 0.2) is 0 Å². The average molecular weight is 218 g/mol. The number of benzene rings is 1. The minimum Gasteiger partial charge on any atom is -0.380 e. The Morgan fingerprint density at radius 2 is 2.31 bits per heavy atom. The molecule has 1 aromatic heterocycles. The molecule has 5 heteroatoms. The van der Waals surface area contributed by atoms with E-state index >= 15 is 0 Å². The molecule has 0 amide bonds. The summed E-state index contributed by atoms with van der Waals surface area (Å²) in [5, 5.41) is 11.5. The number of hydrogen-bond acceptors (Lipinski definition) is 4. The molecule has 0 saturated heterocycles. The number of rotatable bonds is 3. The summed E-state index contributed by atoms with van der Waals surface area (Å²) in [6.07, 6.45) is 1.60. The van der Waals surface area contributed by atoms with E-state index in [9.17, 15) is 10.1 Å². The Morgan fingerprint density at radius 3 is 3.00 bits per heavy atom. The standard InChI is InChI=1S/C11H10N2O3/c1-16-7-8-5-9-3-2-4-10(13(14)15)11(9)12-6-8/h2-6H,7H2,1H3. The molecule has 0 unspecified atom stereocenters. The number of para-hydroxylation sites is 1. The molecule has 0 bridgehead atoms. The van der Waals surface area contributed by atoms with Gasteiger partial charge in [0.2, 0.25) is 0 Å². The lowest BCUT2D eigenvalue weighted by Gasteiger charge is -2.02. The molecule has 82 valence electrons. The fourth-order valence-corrected chi connectivity index (χ4v) is 1.58. The van der Waals surface area contributed by atoms with Gasteiger partial charge in [0, 0.05) is 24.8 Å². The lowest BCUT2D eigenvalue weighted by atomic mass is 10.1. The maximum Gasteiger partial charge on any atom is 0.295 e. The molecule has 16 heavy (non-hydrogen) atoms. The van der Waals surface area contributed by atoms with Crippen LogP contribution in [-0.4, -0.2) is 17.0 Å². The summed E-state index contributed by atoms with van der Waals surface area (Å²) in [4.78, 5) is 14.4. The number of nitro benzene ring substituents is 1. The zero-order valence-electron chi connectivity index (χ0n) is 8.71. The van der Waals surface area contributed by atoms with Gasteiger partial charge < -0.3 is 4.74 Å². The third-order valence-corrected chi connectivity index (χ3v) is 2.25. The Bertz CT molecular complexity index is 540. The predicted molar refractivity (Wildman–Crippen MR) is 59.1 cm³/mol. The number of aromatic nitrogens is 1. The Kier molecular flexibility index (Phi) is 2.78. The summed E-state index contributed by atoms with van der Waals surface area (Å²) in [7, 11) is 1.59. The van der Waals surface area contributed by atoms with Crippen molar-refractivity contribution in [3.63, 3.8) is 0 Å². The van der Waals surface area contributed by atoms with Crippen LogP contribution in [0.5, 0.6) is 0 Å². The molecule has 0 radical (unpaired) electrons. The van der Waals surface area contributed by atoms with Crippen LogP contribution in [0.4, 0.5) is 5.69 Å². The molecular weight excluding hydrogens is 208 g/mol. The van der Waals surface area contributed by atoms with Gasteiger partial charge >= 0.3 is 0 Å². The van der Waals surface area contributed by atoms with Gasteiger partial charge in [-0.2, -0.15) is 0 Å². The lowest BCUT2D eigenvalue weighted by molar-refractivity contribution is -0.383. The largest absolute Gasteiger partial charge is 0.380 e. The van der Waals surface area contributed by atoms with Crippen molar-refractivity contribution in [2.45, 2.75) is 6.61 Å². The molecular formula is C11H10N2O3. The highest BCUT2D eigenvalue weighted by atomic mass is 16.6. The monoisotopic (exact) mass is 218 g/mol. The second-order valence-corrected chi connectivity index (χ2v) is 3.38. The van der Waals surface area contributed by atoms with Crippen LogP contribution >= 0.6 is 0 Å². The fraction of sp³-hybridized carbons (Fsp3) is 0.182. The summed E-state index contributed by atoms with van der Waals surface area (Å²) in [5.41, 5.74) is 1.34. The number of non-ortho nitro benzene ring substituents is 1. The van der Waals surface area contributed by atoms with E-state index < -0.39 is 4.92 Å². The van der Waals surface area contributed by atoms with Crippen LogP contribution in [0.3, 0.4) is 0 Å². The van der Waals surface area contributed by atoms with Crippen molar-refractivity contribution in [3.8, 4) is 0 Å². The molecule has 0 aliphatic carbocycles. The van der Waals surface area contributed by atoms with Crippen molar-refractivity contribution in [1.29, 1.82) is 0 Å². The molecule has 0 aliphatic rings. The number of methoxy groups -OCH3 is 1. The second-order valence-electron chi connectivity index (χ2n) is 3.38. The maximum atomic E-state index is 10.8. The first-order valence-electron chi connectivity index (χ1n) is 4.73. The van der Waals surface area contributed by atoms with E-state index in [4.69, 9.17) is 4.74 Å². The van der Waals surface area contributed by atoms with E-state index in [1.54, 1.807) is 25.4 Å². The average Bonchev–Trinajstić information content (AvgIpc) is 2.28. The van der Waals surface area contributed by atoms with Gasteiger partial charge in [0.25, 0.3) is 5.69 Å². The normalized spacial score (nSPS) is 10.6. The summed E-state index contributed by atoms with van der Waals surface area (Å²) in [6, 6.07) is 6.75. The molecule has 0 aliphatic heterocycles. The van der Waals surface area contributed by atoms with E-state index in [0.717, 1.165) is 10.9 Å². The van der Waals surface area contributed by atoms with Crippen molar-refractivity contribution in [2.24, 2.45) is 0 Å². The quantitative estimate of drug-likeness (QED) is 0.585. The van der Waals surface area contributed by atoms with Crippen molar-refractivity contribution >= 4 is 16.6 Å². The van der Waals surface area contributed by atoms with Crippen LogP contribution < -0.4 is 0 Å². The Morgan fingerprint density at radius 1 is 1.50 bits per heavy atom. The van der Waals surface area contributed by atoms with Crippen LogP contribution in [0.1, 0.15) is 5.56 Å². The number of pyridine rings is 1. The molecule has 1 heterocycles. The summed E-state index contributed by atoms with van der Waals surface area (Å²) < 4.78 is 4.98. The van der Waals surface area contributed by atoms with E-state index in [-0.39, 0.29) is 5.69 Å². The van der Waals surface area contributed by atoms with E-state index in [1.165, 1.54) is 6.07 Å². The van der Waals surface area contributed by atoms with E-state index in [2.05, 4.69) is 4.98 Å². The number of hydrogen-bond donors (Lipinski definition) is 0. The van der Waals surface area contributed by atoms with Crippen LogP contribution in [-0.2, 0) is 11.3 Å². The van der Waals surface area contributed by atoms with Gasteiger partial charge in [-0.1, -0.05) is 12.1 Å². The Balaban J connectivity index is 2.59. The molecule has 0 spiro atoms. The predicted octanol–water partition coefficient (Wildman–Crippen LogP) is 2.29. The second kappa shape index (κ2) is 4.24. The zero-order chi connectivity index (χ0) is 11.5. The lowest BCUT2D eigenvalue weighted by Crippen LogP contribution is -1.94. The summed E-state index contributed by atoms with van der Waals surface area (Å²) in [6.45, 7) is 0.450. The summed E-state index contributed by atoms with van der Waals surface area (Å²) in [5.74, 6) is 0. The fourth-order valence-electron chi connectivity index (χ4n) is 1.58. The number of nitrogens with zero attached hydrogens (tertiary/aromatic N) is 2. The number of fused-ring (bicyclic) bond motifs is 1. The van der Waals surface area contributed by atoms with Crippen molar-refractivity contribution in [2.75, 3.05) is 7.11 Å². The molecule has 2 aromatic rings. The van der Waals surface area contributed by atoms with Crippen LogP contribution in [0.2, 0.25) is 0 Å². The van der Waals surface area contributed by atoms with Gasteiger partial charge in [-0.3, -0.25) is 10.1 Å². The van der Waals surface area contributed by atoms with Crippen LogP contribution in [0, 0.1) is 10.1 Å². The zero-order valence-corrected chi connectivity index (χ0v) is 8.71. The van der Waals surface area contributed by atoms with Gasteiger partial charge in [-0.15, -0.1) is 0 Å². The number of ether oxygens (including phenoxy) is 1. The molecule has 0 atom stereocenters. The smallest absolute Gasteiger partial charge is 0.295 e. The maximum absolute atomic E-state index is 10.8. The molecule has 5 nitrogen and oxygen atoms in total. The van der Waals surface area contributed by atoms with Gasteiger partial charge in [-0.25, -0.2) is 4.98 Å². The van der Waals surface area contributed by atoms with Crippen molar-refractivity contribution < 1.29 is 9.66 Å². The van der Waals surface area contributed by atoms with Crippen LogP contribution in [0.15, 0.2) is 30.5 Å². The third kappa shape index (κ3) is 1.85. The molecule has 1 aromatic carbocycles. The van der Waals surface area contributed by atoms with Crippen molar-refractivity contribution in [3.05, 3.63) is 46.1 Å². The molecule has 2 rings (SSSR count). The molecule has 0 N–H and O–H groups in total. The van der Waals surface area contributed by atoms with Crippen LogP contribution in [0.25, 0.3) is 10.9 Å². The van der Waals surface area contributed by atoms with Gasteiger partial charge in [0.05, 0.1) is 11.5 Å². The molecule has 0 saturated carbocycles. The van der Waals surface area contributed by atoms with E-state index in [1.807, 2.05) is 6.07 Å².